The third kappa shape index (κ3) is 7.64. The minimum Gasteiger partial charge on any atom is -0.378 e. The molecule has 0 spiro atoms. The van der Waals surface area contributed by atoms with Gasteiger partial charge in [-0.3, -0.25) is 0 Å². The first-order valence-corrected chi connectivity index (χ1v) is 8.78. The molecule has 0 aliphatic heterocycles. The SMILES string of the molecule is CCCNC(C)CCCCOC1CC(C)CC(C)(C)C1. The van der Waals surface area contributed by atoms with Gasteiger partial charge in [-0.1, -0.05) is 27.7 Å². The summed E-state index contributed by atoms with van der Waals surface area (Å²) in [5.41, 5.74) is 0.473. The average molecular weight is 284 g/mol. The van der Waals surface area contributed by atoms with Crippen molar-refractivity contribution in [2.45, 2.75) is 91.7 Å². The molecule has 2 heteroatoms. The Morgan fingerprint density at radius 1 is 1.25 bits per heavy atom. The Morgan fingerprint density at radius 3 is 2.65 bits per heavy atom. The van der Waals surface area contributed by atoms with Crippen LogP contribution in [-0.4, -0.2) is 25.3 Å². The predicted octanol–water partition coefficient (Wildman–Crippen LogP) is 4.78. The summed E-state index contributed by atoms with van der Waals surface area (Å²) in [4.78, 5) is 0. The van der Waals surface area contributed by atoms with E-state index in [4.69, 9.17) is 4.74 Å². The number of hydrogen-bond acceptors (Lipinski definition) is 2. The second-order valence-corrected chi connectivity index (χ2v) is 7.76. The van der Waals surface area contributed by atoms with Crippen LogP contribution >= 0.6 is 0 Å². The van der Waals surface area contributed by atoms with Crippen LogP contribution in [0.1, 0.15) is 79.6 Å². The highest BCUT2D eigenvalue weighted by Crippen LogP contribution is 2.39. The summed E-state index contributed by atoms with van der Waals surface area (Å²) in [6.45, 7) is 13.8. The van der Waals surface area contributed by atoms with Crippen LogP contribution in [0.15, 0.2) is 0 Å². The molecule has 0 amide bonds. The fourth-order valence-electron chi connectivity index (χ4n) is 3.68. The second kappa shape index (κ2) is 9.04. The van der Waals surface area contributed by atoms with Crippen LogP contribution in [0.3, 0.4) is 0 Å². The van der Waals surface area contributed by atoms with Gasteiger partial charge in [0.05, 0.1) is 6.10 Å². The molecule has 1 saturated carbocycles. The Labute approximate surface area is 127 Å². The minimum absolute atomic E-state index is 0.473. The molecule has 0 radical (unpaired) electrons. The molecule has 0 bridgehead atoms. The molecule has 2 nitrogen and oxygen atoms in total. The first-order valence-electron chi connectivity index (χ1n) is 8.78. The summed E-state index contributed by atoms with van der Waals surface area (Å²) in [5.74, 6) is 0.821. The van der Waals surface area contributed by atoms with Gasteiger partial charge >= 0.3 is 0 Å². The lowest BCUT2D eigenvalue weighted by Crippen LogP contribution is -2.32. The van der Waals surface area contributed by atoms with Crippen LogP contribution in [0.2, 0.25) is 0 Å². The van der Waals surface area contributed by atoms with Gasteiger partial charge in [0, 0.05) is 12.6 Å². The molecule has 20 heavy (non-hydrogen) atoms. The maximum atomic E-state index is 6.13. The molecule has 1 rings (SSSR count). The van der Waals surface area contributed by atoms with E-state index in [1.807, 2.05) is 0 Å². The lowest BCUT2D eigenvalue weighted by molar-refractivity contribution is -0.0241. The van der Waals surface area contributed by atoms with Crippen LogP contribution in [0.25, 0.3) is 0 Å². The first kappa shape index (κ1) is 18.0. The van der Waals surface area contributed by atoms with Crippen LogP contribution in [-0.2, 0) is 4.74 Å². The summed E-state index contributed by atoms with van der Waals surface area (Å²) in [6, 6.07) is 0.656. The van der Waals surface area contributed by atoms with Gasteiger partial charge < -0.3 is 10.1 Å². The van der Waals surface area contributed by atoms with Crippen molar-refractivity contribution in [2.24, 2.45) is 11.3 Å². The van der Waals surface area contributed by atoms with Gasteiger partial charge in [-0.15, -0.1) is 0 Å². The lowest BCUT2D eigenvalue weighted by Gasteiger charge is -2.38. The zero-order chi connectivity index (χ0) is 15.0. The minimum atomic E-state index is 0.473. The average Bonchev–Trinajstić information content (AvgIpc) is 2.33. The van der Waals surface area contributed by atoms with Gasteiger partial charge in [-0.25, -0.2) is 0 Å². The van der Waals surface area contributed by atoms with Crippen LogP contribution < -0.4 is 5.32 Å². The Hall–Kier alpha value is -0.0800. The Bertz CT molecular complexity index is 252. The fraction of sp³-hybridized carbons (Fsp3) is 1.00. The second-order valence-electron chi connectivity index (χ2n) is 7.76. The van der Waals surface area contributed by atoms with Gasteiger partial charge in [-0.2, -0.15) is 0 Å². The molecule has 0 heterocycles. The van der Waals surface area contributed by atoms with Crippen LogP contribution in [0.4, 0.5) is 0 Å². The summed E-state index contributed by atoms with van der Waals surface area (Å²) < 4.78 is 6.13. The van der Waals surface area contributed by atoms with E-state index >= 15 is 0 Å². The monoisotopic (exact) mass is 283 g/mol. The van der Waals surface area contributed by atoms with E-state index in [-0.39, 0.29) is 0 Å². The highest BCUT2D eigenvalue weighted by atomic mass is 16.5. The highest BCUT2D eigenvalue weighted by molar-refractivity contribution is 4.83. The predicted molar refractivity (Wildman–Crippen MR) is 88.1 cm³/mol. The quantitative estimate of drug-likeness (QED) is 0.615. The molecule has 3 unspecified atom stereocenters. The molecule has 3 atom stereocenters. The third-order valence-electron chi connectivity index (χ3n) is 4.47. The topological polar surface area (TPSA) is 21.3 Å². The van der Waals surface area contributed by atoms with E-state index < -0.39 is 0 Å². The largest absolute Gasteiger partial charge is 0.378 e. The van der Waals surface area contributed by atoms with E-state index in [1.54, 1.807) is 0 Å². The molecule has 0 aromatic carbocycles. The lowest BCUT2D eigenvalue weighted by atomic mass is 9.71. The van der Waals surface area contributed by atoms with Crippen molar-refractivity contribution in [2.75, 3.05) is 13.2 Å². The molecule has 1 N–H and O–H groups in total. The first-order chi connectivity index (χ1) is 9.43. The standard InChI is InChI=1S/C18H37NO/c1-6-10-19-16(3)9-7-8-11-20-17-12-15(2)13-18(4,5)14-17/h15-17,19H,6-14H2,1-5H3. The Balaban J connectivity index is 2.06. The van der Waals surface area contributed by atoms with Crippen LogP contribution in [0, 0.1) is 11.3 Å². The van der Waals surface area contributed by atoms with E-state index in [2.05, 4.69) is 39.9 Å². The number of hydrogen-bond donors (Lipinski definition) is 1. The molecule has 1 fully saturated rings. The number of nitrogens with one attached hydrogen (secondary N) is 1. The zero-order valence-electron chi connectivity index (χ0n) is 14.5. The Kier molecular flexibility index (Phi) is 8.13. The van der Waals surface area contributed by atoms with Crippen molar-refractivity contribution in [1.29, 1.82) is 0 Å². The van der Waals surface area contributed by atoms with E-state index in [0.29, 0.717) is 17.6 Å². The summed E-state index contributed by atoms with van der Waals surface area (Å²) in [6.07, 6.45) is 9.35. The van der Waals surface area contributed by atoms with Gasteiger partial charge in [0.25, 0.3) is 0 Å². The van der Waals surface area contributed by atoms with Crippen molar-refractivity contribution in [1.82, 2.24) is 5.32 Å². The molecule has 0 aromatic rings. The number of unbranched alkanes of at least 4 members (excludes halogenated alkanes) is 1. The van der Waals surface area contributed by atoms with Crippen molar-refractivity contribution in [3.63, 3.8) is 0 Å². The number of ether oxygens (including phenoxy) is 1. The maximum Gasteiger partial charge on any atom is 0.0582 e. The van der Waals surface area contributed by atoms with E-state index in [9.17, 15) is 0 Å². The zero-order valence-corrected chi connectivity index (χ0v) is 14.5. The Morgan fingerprint density at radius 2 is 2.00 bits per heavy atom. The third-order valence-corrected chi connectivity index (χ3v) is 4.47. The van der Waals surface area contributed by atoms with Gasteiger partial charge in [0.1, 0.15) is 0 Å². The molecule has 0 aromatic heterocycles. The van der Waals surface area contributed by atoms with Gasteiger partial charge in [0.2, 0.25) is 0 Å². The molecule has 1 aliphatic carbocycles. The summed E-state index contributed by atoms with van der Waals surface area (Å²) >= 11 is 0. The van der Waals surface area contributed by atoms with Crippen molar-refractivity contribution >= 4 is 0 Å². The van der Waals surface area contributed by atoms with Crippen molar-refractivity contribution < 1.29 is 4.74 Å². The molecule has 1 aliphatic rings. The van der Waals surface area contributed by atoms with E-state index in [0.717, 1.165) is 19.1 Å². The molecular formula is C18H37NO. The van der Waals surface area contributed by atoms with Crippen molar-refractivity contribution in [3.8, 4) is 0 Å². The smallest absolute Gasteiger partial charge is 0.0582 e. The van der Waals surface area contributed by atoms with Crippen LogP contribution in [0.5, 0.6) is 0 Å². The van der Waals surface area contributed by atoms with Gasteiger partial charge in [-0.05, 0) is 69.7 Å². The molecule has 120 valence electrons. The van der Waals surface area contributed by atoms with Gasteiger partial charge in [0.15, 0.2) is 0 Å². The summed E-state index contributed by atoms with van der Waals surface area (Å²) in [7, 11) is 0. The number of rotatable bonds is 9. The molecular weight excluding hydrogens is 246 g/mol. The normalized spacial score (nSPS) is 27.4. The van der Waals surface area contributed by atoms with Crippen molar-refractivity contribution in [3.05, 3.63) is 0 Å². The highest BCUT2D eigenvalue weighted by Gasteiger charge is 2.32. The summed E-state index contributed by atoms with van der Waals surface area (Å²) in [5, 5.41) is 3.55. The fourth-order valence-corrected chi connectivity index (χ4v) is 3.68. The maximum absolute atomic E-state index is 6.13. The van der Waals surface area contributed by atoms with E-state index in [1.165, 1.54) is 44.9 Å². The molecule has 0 saturated heterocycles.